The molecule has 154 valence electrons. The average Bonchev–Trinajstić information content (AvgIpc) is 2.71. The van der Waals surface area contributed by atoms with Crippen LogP contribution >= 0.6 is 19.2 Å². The zero-order valence-electron chi connectivity index (χ0n) is 15.1. The van der Waals surface area contributed by atoms with Crippen LogP contribution in [0.4, 0.5) is 11.4 Å². The number of rotatable bonds is 8. The summed E-state index contributed by atoms with van der Waals surface area (Å²) in [6, 6.07) is 8.40. The molecule has 13 heteroatoms. The summed E-state index contributed by atoms with van der Waals surface area (Å²) in [5.41, 5.74) is -1.35. The predicted molar refractivity (Wildman–Crippen MR) is 103 cm³/mol. The van der Waals surface area contributed by atoms with Crippen molar-refractivity contribution in [3.8, 4) is 0 Å². The molecule has 11 nitrogen and oxygen atoms in total. The van der Waals surface area contributed by atoms with Crippen LogP contribution in [0.3, 0.4) is 0 Å². The fraction of sp³-hybridized carbons (Fsp3) is 0.188. The fourth-order valence-corrected chi connectivity index (χ4v) is 3.93. The molecule has 0 saturated heterocycles. The van der Waals surface area contributed by atoms with Gasteiger partial charge in [0.1, 0.15) is 0 Å². The van der Waals surface area contributed by atoms with Crippen LogP contribution in [0.2, 0.25) is 5.02 Å². The fourth-order valence-electron chi connectivity index (χ4n) is 2.42. The third kappa shape index (κ3) is 5.15. The molecular formula is C16H15ClN3O8P. The number of nitrogens with one attached hydrogen (secondary N) is 1. The molecule has 0 unspecified atom stereocenters. The lowest BCUT2D eigenvalue weighted by Crippen LogP contribution is -2.29. The molecule has 0 aliphatic rings. The Kier molecular flexibility index (Phi) is 7.04. The summed E-state index contributed by atoms with van der Waals surface area (Å²) in [6.07, 6.45) is 0. The molecule has 0 heterocycles. The summed E-state index contributed by atoms with van der Waals surface area (Å²) in [7, 11) is -1.66. The molecule has 0 spiro atoms. The van der Waals surface area contributed by atoms with Crippen LogP contribution in [-0.4, -0.2) is 30.0 Å². The highest BCUT2D eigenvalue weighted by Gasteiger charge is 2.37. The van der Waals surface area contributed by atoms with Crippen molar-refractivity contribution in [3.05, 3.63) is 78.8 Å². The first-order chi connectivity index (χ1) is 13.6. The Morgan fingerprint density at radius 3 is 1.93 bits per heavy atom. The standard InChI is InChI=1S/C16H15ClN3O8P/c1-27-29(26,28-2)16(10-3-5-12(17)6-4-10)18-15(21)11-7-13(19(22)23)9-14(8-11)20(24)25/h3-9,16H,1-2H3,(H,18,21)/t16-/m0/s1. The van der Waals surface area contributed by atoms with E-state index in [9.17, 15) is 29.6 Å². The lowest BCUT2D eigenvalue weighted by atomic mass is 10.1. The minimum absolute atomic E-state index is 0.315. The maximum atomic E-state index is 12.9. The number of nitro benzene ring substituents is 2. The molecule has 2 rings (SSSR count). The Bertz CT molecular complexity index is 958. The number of amides is 1. The summed E-state index contributed by atoms with van der Waals surface area (Å²) in [5, 5.41) is 24.9. The van der Waals surface area contributed by atoms with Gasteiger partial charge in [0.05, 0.1) is 21.5 Å². The van der Waals surface area contributed by atoms with Crippen molar-refractivity contribution in [2.75, 3.05) is 14.2 Å². The van der Waals surface area contributed by atoms with Gasteiger partial charge in [-0.05, 0) is 17.7 Å². The first-order valence-corrected chi connectivity index (χ1v) is 9.81. The van der Waals surface area contributed by atoms with Crippen molar-refractivity contribution in [3.63, 3.8) is 0 Å². The Morgan fingerprint density at radius 2 is 1.52 bits per heavy atom. The number of carbonyl (C=O) groups excluding carboxylic acids is 1. The van der Waals surface area contributed by atoms with Gasteiger partial charge in [0.15, 0.2) is 5.78 Å². The van der Waals surface area contributed by atoms with Gasteiger partial charge in [0.2, 0.25) is 0 Å². The van der Waals surface area contributed by atoms with Gasteiger partial charge in [-0.15, -0.1) is 0 Å². The number of hydrogen-bond acceptors (Lipinski definition) is 8. The summed E-state index contributed by atoms with van der Waals surface area (Å²) in [6.45, 7) is 0. The van der Waals surface area contributed by atoms with Gasteiger partial charge in [-0.1, -0.05) is 23.7 Å². The highest BCUT2D eigenvalue weighted by Crippen LogP contribution is 2.58. The van der Waals surface area contributed by atoms with Crippen molar-refractivity contribution in [1.29, 1.82) is 0 Å². The van der Waals surface area contributed by atoms with E-state index in [2.05, 4.69) is 5.32 Å². The lowest BCUT2D eigenvalue weighted by molar-refractivity contribution is -0.394. The molecule has 0 radical (unpaired) electrons. The average molecular weight is 444 g/mol. The minimum atomic E-state index is -3.91. The first kappa shape index (κ1) is 22.4. The molecule has 1 atom stereocenters. The summed E-state index contributed by atoms with van der Waals surface area (Å²) in [5.74, 6) is -2.26. The molecule has 29 heavy (non-hydrogen) atoms. The molecule has 0 bridgehead atoms. The molecule has 2 aromatic rings. The van der Waals surface area contributed by atoms with Crippen LogP contribution in [0.25, 0.3) is 0 Å². The van der Waals surface area contributed by atoms with E-state index in [0.717, 1.165) is 32.4 Å². The number of halogens is 1. The van der Waals surface area contributed by atoms with E-state index in [4.69, 9.17) is 20.6 Å². The molecule has 0 saturated carbocycles. The van der Waals surface area contributed by atoms with E-state index in [1.165, 1.54) is 24.3 Å². The second-order valence-corrected chi connectivity index (χ2v) is 8.35. The van der Waals surface area contributed by atoms with E-state index >= 15 is 0 Å². The number of non-ortho nitro benzene ring substituents is 2. The van der Waals surface area contributed by atoms with Gasteiger partial charge in [-0.25, -0.2) is 0 Å². The molecule has 0 aromatic heterocycles. The van der Waals surface area contributed by atoms with E-state index in [1.54, 1.807) is 0 Å². The molecular weight excluding hydrogens is 429 g/mol. The quantitative estimate of drug-likeness (QED) is 0.364. The third-order valence-corrected chi connectivity index (χ3v) is 6.19. The second kappa shape index (κ2) is 9.10. The summed E-state index contributed by atoms with van der Waals surface area (Å²) in [4.78, 5) is 33.0. The van der Waals surface area contributed by atoms with Crippen LogP contribution in [0.1, 0.15) is 21.7 Å². The molecule has 0 aliphatic carbocycles. The number of nitrogens with zero attached hydrogens (tertiary/aromatic N) is 2. The monoisotopic (exact) mass is 443 g/mol. The maximum Gasteiger partial charge on any atom is 0.356 e. The van der Waals surface area contributed by atoms with Crippen LogP contribution in [-0.2, 0) is 13.6 Å². The van der Waals surface area contributed by atoms with Crippen LogP contribution < -0.4 is 5.32 Å². The molecule has 0 aliphatic heterocycles. The molecule has 1 N–H and O–H groups in total. The maximum absolute atomic E-state index is 12.9. The lowest BCUT2D eigenvalue weighted by Gasteiger charge is -2.25. The van der Waals surface area contributed by atoms with Crippen molar-refractivity contribution in [2.45, 2.75) is 5.78 Å². The van der Waals surface area contributed by atoms with Crippen LogP contribution in [0, 0.1) is 20.2 Å². The van der Waals surface area contributed by atoms with Crippen molar-refractivity contribution >= 4 is 36.5 Å². The first-order valence-electron chi connectivity index (χ1n) is 7.82. The SMILES string of the molecule is COP(=O)(OC)[C@H](NC(=O)c1cc([N+](=O)[O-])cc([N+](=O)[O-])c1)c1ccc(Cl)cc1. The summed E-state index contributed by atoms with van der Waals surface area (Å²) < 4.78 is 22.9. The van der Waals surface area contributed by atoms with Gasteiger partial charge in [0, 0.05) is 31.4 Å². The van der Waals surface area contributed by atoms with Gasteiger partial charge in [-0.2, -0.15) is 0 Å². The van der Waals surface area contributed by atoms with Gasteiger partial charge < -0.3 is 14.4 Å². The van der Waals surface area contributed by atoms with Crippen molar-refractivity contribution in [2.24, 2.45) is 0 Å². The smallest absolute Gasteiger partial charge is 0.334 e. The van der Waals surface area contributed by atoms with Crippen molar-refractivity contribution in [1.82, 2.24) is 5.32 Å². The molecule has 0 fully saturated rings. The number of benzene rings is 2. The largest absolute Gasteiger partial charge is 0.356 e. The van der Waals surface area contributed by atoms with Gasteiger partial charge in [0.25, 0.3) is 17.3 Å². The Hall–Kier alpha value is -2.85. The normalized spacial score (nSPS) is 12.2. The highest BCUT2D eigenvalue weighted by molar-refractivity contribution is 7.54. The highest BCUT2D eigenvalue weighted by atomic mass is 35.5. The predicted octanol–water partition coefficient (Wildman–Crippen LogP) is 4.07. The van der Waals surface area contributed by atoms with Crippen LogP contribution in [0.5, 0.6) is 0 Å². The topological polar surface area (TPSA) is 151 Å². The molecule has 1 amide bonds. The van der Waals surface area contributed by atoms with Crippen LogP contribution in [0.15, 0.2) is 42.5 Å². The Labute approximate surface area is 169 Å². The van der Waals surface area contributed by atoms with Crippen molar-refractivity contribution < 1.29 is 28.3 Å². The zero-order chi connectivity index (χ0) is 21.8. The third-order valence-electron chi connectivity index (χ3n) is 3.87. The Morgan fingerprint density at radius 1 is 1.03 bits per heavy atom. The number of nitro groups is 2. The second-order valence-electron chi connectivity index (χ2n) is 5.58. The van der Waals surface area contributed by atoms with Gasteiger partial charge in [-0.3, -0.25) is 29.6 Å². The molecule has 2 aromatic carbocycles. The van der Waals surface area contributed by atoms with E-state index in [1.807, 2.05) is 0 Å². The summed E-state index contributed by atoms with van der Waals surface area (Å²) >= 11 is 5.85. The minimum Gasteiger partial charge on any atom is -0.334 e. The number of hydrogen-bond donors (Lipinski definition) is 1. The Balaban J connectivity index is 2.49. The van der Waals surface area contributed by atoms with E-state index in [-0.39, 0.29) is 5.56 Å². The number of carbonyl (C=O) groups is 1. The van der Waals surface area contributed by atoms with Gasteiger partial charge >= 0.3 is 7.60 Å². The zero-order valence-corrected chi connectivity index (χ0v) is 16.8. The van der Waals surface area contributed by atoms with E-state index < -0.39 is 40.5 Å². The van der Waals surface area contributed by atoms with E-state index in [0.29, 0.717) is 10.6 Å².